The Bertz CT molecular complexity index is 780. The van der Waals surface area contributed by atoms with Gasteiger partial charge in [-0.25, -0.2) is 14.4 Å². The van der Waals surface area contributed by atoms with Gasteiger partial charge in [-0.2, -0.15) is 0 Å². The van der Waals surface area contributed by atoms with Crippen molar-refractivity contribution in [1.29, 1.82) is 0 Å². The molecule has 0 heterocycles. The first kappa shape index (κ1) is 44.5. The Morgan fingerprint density at radius 1 is 0.735 bits per heavy atom. The number of rotatable bonds is 13. The molecule has 0 aliphatic rings. The molecule has 0 aromatic carbocycles. The molecule has 0 rings (SSSR count). The summed E-state index contributed by atoms with van der Waals surface area (Å²) in [7, 11) is 0. The predicted molar refractivity (Wildman–Crippen MR) is 97.3 cm³/mol. The van der Waals surface area contributed by atoms with Gasteiger partial charge in [0.15, 0.2) is 11.7 Å². The second-order valence-corrected chi connectivity index (χ2v) is 6.08. The zero-order valence-electron chi connectivity index (χ0n) is 24.0. The molecule has 19 heteroatoms. The van der Waals surface area contributed by atoms with Crippen molar-refractivity contribution in [3.63, 3.8) is 0 Å². The minimum absolute atomic E-state index is 0. The van der Waals surface area contributed by atoms with E-state index in [0.717, 1.165) is 6.92 Å². The van der Waals surface area contributed by atoms with Crippen LogP contribution in [-0.4, -0.2) is 127 Å². The molecule has 15 nitrogen and oxygen atoms in total. The second-order valence-electron chi connectivity index (χ2n) is 6.08. The predicted octanol–water partition coefficient (Wildman–Crippen LogP) is -10.9. The van der Waals surface area contributed by atoms with E-state index in [1.54, 1.807) is 0 Å². The van der Waals surface area contributed by atoms with Crippen molar-refractivity contribution in [3.05, 3.63) is 0 Å². The maximum absolute atomic E-state index is 12.0. The number of carboxylic acids is 5. The Morgan fingerprint density at radius 2 is 1.12 bits per heavy atom. The Labute approximate surface area is 295 Å². The van der Waals surface area contributed by atoms with Crippen LogP contribution in [0.15, 0.2) is 0 Å². The van der Waals surface area contributed by atoms with Crippen LogP contribution in [-0.2, 0) is 43.0 Å². The molecule has 0 aromatic rings. The van der Waals surface area contributed by atoms with Crippen LogP contribution in [0.4, 0.5) is 0 Å². The van der Waals surface area contributed by atoms with Crippen LogP contribution < -0.4 is 88.7 Å². The van der Waals surface area contributed by atoms with Gasteiger partial charge in [-0.05, 0) is 6.92 Å². The average Bonchev–Trinajstić information content (AvgIpc) is 2.51. The van der Waals surface area contributed by atoms with Crippen LogP contribution in [0.2, 0.25) is 0 Å². The van der Waals surface area contributed by atoms with Gasteiger partial charge in [-0.3, -0.25) is 19.2 Å². The van der Waals surface area contributed by atoms with E-state index >= 15 is 0 Å². The summed E-state index contributed by atoms with van der Waals surface area (Å²) in [6, 6.07) is 0. The van der Waals surface area contributed by atoms with Crippen LogP contribution >= 0.6 is 0 Å². The summed E-state index contributed by atoms with van der Waals surface area (Å²) in [5, 5.41) is 54.0. The van der Waals surface area contributed by atoms with Crippen molar-refractivity contribution in [2.24, 2.45) is 0 Å². The summed E-state index contributed by atoms with van der Waals surface area (Å²) < 4.78 is 8.93. The standard InChI is InChI=1S/C15H18O15.Ca.3Na.5H/c1-6(29-10(22)5-14(28,12(24)25)2-7(16)17)11(23)30-15(13(26)27,3-8(18)19)4-9(20)21;;;;;;;;;/h6,28H,2-5H2,1H3,(H,16,17)(H,18,19)(H,20,21)(H,24,25)(H,26,27);;;;;;;;;/q;+2;3*+1;5*-1. The molecule has 178 valence electrons. The van der Waals surface area contributed by atoms with Gasteiger partial charge in [0.1, 0.15) is 0 Å². The molecule has 34 heavy (non-hydrogen) atoms. The summed E-state index contributed by atoms with van der Waals surface area (Å²) in [5.74, 6) is -12.9. The minimum atomic E-state index is -3.08. The zero-order valence-corrected chi connectivity index (χ0v) is 27.2. The molecule has 2 unspecified atom stereocenters. The van der Waals surface area contributed by atoms with Gasteiger partial charge in [0.25, 0.3) is 0 Å². The topological polar surface area (TPSA) is 259 Å². The third kappa shape index (κ3) is 15.6. The van der Waals surface area contributed by atoms with Crippen molar-refractivity contribution in [2.45, 2.75) is 49.9 Å². The number of aliphatic hydroxyl groups is 1. The maximum atomic E-state index is 12.0. The number of carbonyl (C=O) groups excluding carboxylic acids is 2. The molecule has 0 amide bonds. The smallest absolute Gasteiger partial charge is 1.00 e. The fraction of sp³-hybridized carbons (Fsp3) is 0.533. The van der Waals surface area contributed by atoms with E-state index in [-0.39, 0.29) is 134 Å². The molecule has 0 saturated heterocycles. The molecule has 0 fully saturated rings. The minimum Gasteiger partial charge on any atom is -1.00 e. The SMILES string of the molecule is CC(OC(=O)CC(O)(CC(=O)O)C(=O)O)C(=O)OC(CC(=O)O)(CC(=O)O)C(=O)O.[Ca+2].[H-].[H-].[H-].[H-].[H-].[Na+].[Na+].[Na+]. The molecule has 2 atom stereocenters. The van der Waals surface area contributed by atoms with Crippen molar-refractivity contribution in [2.75, 3.05) is 0 Å². The van der Waals surface area contributed by atoms with E-state index in [9.17, 15) is 38.7 Å². The summed E-state index contributed by atoms with van der Waals surface area (Å²) in [6.45, 7) is 0.797. The van der Waals surface area contributed by atoms with Crippen LogP contribution in [0.3, 0.4) is 0 Å². The van der Waals surface area contributed by atoms with Crippen LogP contribution in [0.1, 0.15) is 39.7 Å². The third-order valence-corrected chi connectivity index (χ3v) is 3.48. The largest absolute Gasteiger partial charge is 2.00 e. The summed E-state index contributed by atoms with van der Waals surface area (Å²) in [4.78, 5) is 78.5. The van der Waals surface area contributed by atoms with Crippen molar-refractivity contribution < 1.29 is 169 Å². The van der Waals surface area contributed by atoms with Crippen molar-refractivity contribution in [1.82, 2.24) is 0 Å². The molecular weight excluding hydrogens is 529 g/mol. The number of aliphatic carboxylic acids is 5. The Balaban J connectivity index is -0.000000117. The second kappa shape index (κ2) is 19.6. The van der Waals surface area contributed by atoms with Crippen molar-refractivity contribution >= 4 is 79.5 Å². The van der Waals surface area contributed by atoms with Gasteiger partial charge in [0.05, 0.1) is 25.7 Å². The summed E-state index contributed by atoms with van der Waals surface area (Å²) in [5.41, 5.74) is -6.12. The Hall–Kier alpha value is 0.510. The molecule has 0 saturated carbocycles. The number of carbonyl (C=O) groups is 7. The van der Waals surface area contributed by atoms with E-state index in [0.29, 0.717) is 0 Å². The van der Waals surface area contributed by atoms with Gasteiger partial charge >= 0.3 is 168 Å². The first-order valence-corrected chi connectivity index (χ1v) is 7.81. The van der Waals surface area contributed by atoms with Crippen LogP contribution in [0, 0.1) is 0 Å². The molecular formula is C15H23CaNa3O15. The third-order valence-electron chi connectivity index (χ3n) is 3.48. The zero-order chi connectivity index (χ0) is 23.9. The molecule has 0 aromatic heterocycles. The van der Waals surface area contributed by atoms with E-state index in [1.807, 2.05) is 0 Å². The van der Waals surface area contributed by atoms with E-state index < -0.39 is 84.8 Å². The fourth-order valence-corrected chi connectivity index (χ4v) is 2.08. The molecule has 0 spiro atoms. The van der Waals surface area contributed by atoms with Crippen LogP contribution in [0.5, 0.6) is 0 Å². The first-order chi connectivity index (χ1) is 13.5. The Kier molecular flexibility index (Phi) is 25.7. The van der Waals surface area contributed by atoms with Crippen LogP contribution in [0.25, 0.3) is 0 Å². The van der Waals surface area contributed by atoms with Crippen molar-refractivity contribution in [3.8, 4) is 0 Å². The monoisotopic (exact) mass is 552 g/mol. The van der Waals surface area contributed by atoms with Gasteiger partial charge in [-0.15, -0.1) is 0 Å². The molecule has 0 bridgehead atoms. The molecule has 0 aliphatic heterocycles. The number of carboxylic acid groups (broad SMARTS) is 5. The summed E-state index contributed by atoms with van der Waals surface area (Å²) >= 11 is 0. The van der Waals surface area contributed by atoms with E-state index in [1.165, 1.54) is 0 Å². The van der Waals surface area contributed by atoms with E-state index in [4.69, 9.17) is 25.5 Å². The molecule has 6 N–H and O–H groups in total. The van der Waals surface area contributed by atoms with Gasteiger partial charge in [0.2, 0.25) is 5.60 Å². The fourth-order valence-electron chi connectivity index (χ4n) is 2.08. The molecule has 0 aliphatic carbocycles. The van der Waals surface area contributed by atoms with Gasteiger partial charge in [0, 0.05) is 0 Å². The number of hydrogen-bond acceptors (Lipinski definition) is 10. The normalized spacial score (nSPS) is 12.3. The van der Waals surface area contributed by atoms with Gasteiger partial charge < -0.3 is 47.2 Å². The van der Waals surface area contributed by atoms with E-state index in [2.05, 4.69) is 9.47 Å². The van der Waals surface area contributed by atoms with Gasteiger partial charge in [-0.1, -0.05) is 0 Å². The first-order valence-electron chi connectivity index (χ1n) is 7.81. The number of ether oxygens (including phenoxy) is 2. The average molecular weight is 552 g/mol. The summed E-state index contributed by atoms with van der Waals surface area (Å²) in [6.07, 6.45) is -7.70. The molecule has 0 radical (unpaired) electrons. The quantitative estimate of drug-likeness (QED) is 0.0915. The maximum Gasteiger partial charge on any atom is 2.00 e. The number of esters is 2. The number of hydrogen-bond donors (Lipinski definition) is 6. The Morgan fingerprint density at radius 3 is 1.41 bits per heavy atom.